The quantitative estimate of drug-likeness (QED) is 0.737. The molecule has 1 atom stereocenters. The number of benzene rings is 1. The van der Waals surface area contributed by atoms with Gasteiger partial charge in [0.05, 0.1) is 23.5 Å². The number of aryl methyl sites for hydroxylation is 1. The Morgan fingerprint density at radius 1 is 1.22 bits per heavy atom. The van der Waals surface area contributed by atoms with Crippen LogP contribution in [0.15, 0.2) is 49.3 Å². The minimum atomic E-state index is -0.0500. The van der Waals surface area contributed by atoms with Crippen molar-refractivity contribution in [1.82, 2.24) is 29.4 Å². The van der Waals surface area contributed by atoms with Crippen LogP contribution in [0.3, 0.4) is 0 Å². The summed E-state index contributed by atoms with van der Waals surface area (Å²) in [5, 5.41) is 8.14. The fourth-order valence-corrected chi connectivity index (χ4v) is 2.38. The first-order valence-corrected chi connectivity index (χ1v) is 7.27. The van der Waals surface area contributed by atoms with Crippen molar-refractivity contribution < 1.29 is 4.79 Å². The van der Waals surface area contributed by atoms with Crippen molar-refractivity contribution in [3.8, 4) is 5.69 Å². The second kappa shape index (κ2) is 6.04. The van der Waals surface area contributed by atoms with Crippen molar-refractivity contribution >= 4 is 5.91 Å². The maximum atomic E-state index is 12.5. The number of nitrogens with zero attached hydrogens (tertiary/aromatic N) is 6. The fraction of sp³-hybridized carbons (Fsp3) is 0.250. The minimum absolute atomic E-state index is 0.0486. The highest BCUT2D eigenvalue weighted by Crippen LogP contribution is 2.21. The lowest BCUT2D eigenvalue weighted by molar-refractivity contribution is 0.0742. The minimum Gasteiger partial charge on any atom is -0.335 e. The molecule has 0 N–H and O–H groups in total. The number of carbonyl (C=O) groups excluding carboxylic acids is 1. The number of carbonyl (C=O) groups is 1. The summed E-state index contributed by atoms with van der Waals surface area (Å²) in [6.07, 6.45) is 6.45. The Hall–Kier alpha value is -2.96. The van der Waals surface area contributed by atoms with Crippen LogP contribution in [0.1, 0.15) is 28.9 Å². The highest BCUT2D eigenvalue weighted by atomic mass is 16.2. The highest BCUT2D eigenvalue weighted by molar-refractivity contribution is 5.93. The van der Waals surface area contributed by atoms with E-state index in [4.69, 9.17) is 0 Å². The van der Waals surface area contributed by atoms with E-state index in [0.717, 1.165) is 11.3 Å². The summed E-state index contributed by atoms with van der Waals surface area (Å²) in [5.41, 5.74) is 2.56. The molecule has 0 bridgehead atoms. The van der Waals surface area contributed by atoms with E-state index in [2.05, 4.69) is 15.2 Å². The summed E-state index contributed by atoms with van der Waals surface area (Å²) in [6, 6.07) is 7.86. The molecule has 0 aliphatic rings. The molecule has 0 aliphatic heterocycles. The normalized spacial score (nSPS) is 12.1. The van der Waals surface area contributed by atoms with Gasteiger partial charge in [0.2, 0.25) is 0 Å². The van der Waals surface area contributed by atoms with Gasteiger partial charge in [0, 0.05) is 20.3 Å². The lowest BCUT2D eigenvalue weighted by Gasteiger charge is -2.25. The van der Waals surface area contributed by atoms with Crippen molar-refractivity contribution in [2.75, 3.05) is 7.05 Å². The molecule has 1 unspecified atom stereocenters. The van der Waals surface area contributed by atoms with E-state index in [9.17, 15) is 4.79 Å². The van der Waals surface area contributed by atoms with Gasteiger partial charge in [-0.25, -0.2) is 9.67 Å². The van der Waals surface area contributed by atoms with Crippen LogP contribution in [0.4, 0.5) is 0 Å². The average molecular weight is 310 g/mol. The van der Waals surface area contributed by atoms with Gasteiger partial charge >= 0.3 is 0 Å². The molecule has 7 nitrogen and oxygen atoms in total. The summed E-state index contributed by atoms with van der Waals surface area (Å²) < 4.78 is 3.32. The van der Waals surface area contributed by atoms with Crippen molar-refractivity contribution in [2.24, 2.45) is 7.05 Å². The lowest BCUT2D eigenvalue weighted by atomic mass is 10.1. The first-order valence-electron chi connectivity index (χ1n) is 7.27. The Kier molecular flexibility index (Phi) is 3.92. The van der Waals surface area contributed by atoms with E-state index >= 15 is 0 Å². The van der Waals surface area contributed by atoms with Gasteiger partial charge in [-0.3, -0.25) is 9.48 Å². The molecular weight excluding hydrogens is 292 g/mol. The first-order chi connectivity index (χ1) is 11.1. The van der Waals surface area contributed by atoms with Gasteiger partial charge < -0.3 is 4.90 Å². The molecule has 23 heavy (non-hydrogen) atoms. The molecule has 1 aromatic carbocycles. The third kappa shape index (κ3) is 2.98. The van der Waals surface area contributed by atoms with Crippen LogP contribution in [0.5, 0.6) is 0 Å². The Balaban J connectivity index is 1.77. The van der Waals surface area contributed by atoms with E-state index in [1.807, 2.05) is 31.2 Å². The monoisotopic (exact) mass is 310 g/mol. The second-order valence-corrected chi connectivity index (χ2v) is 5.43. The van der Waals surface area contributed by atoms with Crippen molar-refractivity contribution in [3.05, 3.63) is 60.4 Å². The van der Waals surface area contributed by atoms with E-state index in [-0.39, 0.29) is 11.9 Å². The topological polar surface area (TPSA) is 68.8 Å². The smallest absolute Gasteiger partial charge is 0.257 e. The molecule has 0 saturated carbocycles. The van der Waals surface area contributed by atoms with Crippen molar-refractivity contribution in [2.45, 2.75) is 13.0 Å². The summed E-state index contributed by atoms with van der Waals surface area (Å²) in [6.45, 7) is 2.00. The number of aromatic nitrogens is 5. The fourth-order valence-electron chi connectivity index (χ4n) is 2.38. The van der Waals surface area contributed by atoms with Crippen LogP contribution < -0.4 is 0 Å². The van der Waals surface area contributed by atoms with E-state index in [0.29, 0.717) is 5.56 Å². The predicted molar refractivity (Wildman–Crippen MR) is 85.1 cm³/mol. The third-order valence-electron chi connectivity index (χ3n) is 3.91. The maximum absolute atomic E-state index is 12.5. The van der Waals surface area contributed by atoms with E-state index in [1.54, 1.807) is 47.1 Å². The van der Waals surface area contributed by atoms with E-state index < -0.39 is 0 Å². The summed E-state index contributed by atoms with van der Waals surface area (Å²) in [7, 11) is 3.59. The van der Waals surface area contributed by atoms with Crippen LogP contribution >= 0.6 is 0 Å². The van der Waals surface area contributed by atoms with Crippen LogP contribution in [0, 0.1) is 0 Å². The number of hydrogen-bond acceptors (Lipinski definition) is 4. The molecule has 0 aliphatic carbocycles. The first kappa shape index (κ1) is 15.0. The van der Waals surface area contributed by atoms with E-state index in [1.165, 1.54) is 6.33 Å². The Morgan fingerprint density at radius 2 is 1.96 bits per heavy atom. The summed E-state index contributed by atoms with van der Waals surface area (Å²) >= 11 is 0. The number of amides is 1. The van der Waals surface area contributed by atoms with Gasteiger partial charge in [-0.2, -0.15) is 10.2 Å². The molecular formula is C16H18N6O. The van der Waals surface area contributed by atoms with Gasteiger partial charge in [0.15, 0.2) is 0 Å². The molecule has 0 radical (unpaired) electrons. The Labute approximate surface area is 134 Å². The molecule has 2 heterocycles. The average Bonchev–Trinajstić information content (AvgIpc) is 3.24. The zero-order valence-corrected chi connectivity index (χ0v) is 13.3. The molecule has 3 aromatic rings. The molecule has 0 fully saturated rings. The third-order valence-corrected chi connectivity index (χ3v) is 3.91. The zero-order chi connectivity index (χ0) is 16.4. The summed E-state index contributed by atoms with van der Waals surface area (Å²) in [4.78, 5) is 18.1. The predicted octanol–water partition coefficient (Wildman–Crippen LogP) is 1.83. The van der Waals surface area contributed by atoms with Crippen LogP contribution in [-0.2, 0) is 7.05 Å². The lowest BCUT2D eigenvalue weighted by Crippen LogP contribution is -2.29. The molecule has 118 valence electrons. The van der Waals surface area contributed by atoms with Gasteiger partial charge in [-0.05, 0) is 24.6 Å². The number of rotatable bonds is 4. The van der Waals surface area contributed by atoms with Gasteiger partial charge in [0.25, 0.3) is 5.91 Å². The second-order valence-electron chi connectivity index (χ2n) is 5.43. The van der Waals surface area contributed by atoms with Gasteiger partial charge in [-0.1, -0.05) is 12.1 Å². The number of hydrogen-bond donors (Lipinski definition) is 0. The Morgan fingerprint density at radius 3 is 2.52 bits per heavy atom. The van der Waals surface area contributed by atoms with Gasteiger partial charge in [0.1, 0.15) is 12.7 Å². The van der Waals surface area contributed by atoms with Crippen LogP contribution in [0.2, 0.25) is 0 Å². The largest absolute Gasteiger partial charge is 0.335 e. The summed E-state index contributed by atoms with van der Waals surface area (Å²) in [5.74, 6) is -0.0500. The van der Waals surface area contributed by atoms with Crippen LogP contribution in [-0.4, -0.2) is 42.4 Å². The Bertz CT molecular complexity index is 790. The standard InChI is InChI=1S/C16H18N6O/c1-12(21(3)16(23)14-8-18-20(2)9-14)13-4-6-15(7-5-13)22-11-17-10-19-22/h4-12H,1-3H3. The highest BCUT2D eigenvalue weighted by Gasteiger charge is 2.20. The SMILES string of the molecule is CC(c1ccc(-n2cncn2)cc1)N(C)C(=O)c1cnn(C)c1. The van der Waals surface area contributed by atoms with Crippen LogP contribution in [0.25, 0.3) is 5.69 Å². The molecule has 0 spiro atoms. The molecule has 0 saturated heterocycles. The van der Waals surface area contributed by atoms with Crippen molar-refractivity contribution in [3.63, 3.8) is 0 Å². The molecule has 7 heteroatoms. The molecule has 3 rings (SSSR count). The molecule has 1 amide bonds. The van der Waals surface area contributed by atoms with Crippen molar-refractivity contribution in [1.29, 1.82) is 0 Å². The molecule has 2 aromatic heterocycles. The zero-order valence-electron chi connectivity index (χ0n) is 13.3. The van der Waals surface area contributed by atoms with Gasteiger partial charge in [-0.15, -0.1) is 0 Å². The maximum Gasteiger partial charge on any atom is 0.257 e.